The van der Waals surface area contributed by atoms with Gasteiger partial charge in [0.2, 0.25) is 11.8 Å². The van der Waals surface area contributed by atoms with Crippen LogP contribution in [-0.4, -0.2) is 39.4 Å². The number of imidazole rings is 1. The van der Waals surface area contributed by atoms with E-state index in [1.807, 2.05) is 54.7 Å². The van der Waals surface area contributed by atoms with Crippen LogP contribution in [0.5, 0.6) is 0 Å². The number of aromatic nitrogens is 3. The molecule has 29 heavy (non-hydrogen) atoms. The molecule has 148 valence electrons. The van der Waals surface area contributed by atoms with Crippen LogP contribution in [0, 0.1) is 0 Å². The van der Waals surface area contributed by atoms with Gasteiger partial charge in [0.05, 0.1) is 11.0 Å². The second-order valence-corrected chi connectivity index (χ2v) is 7.06. The van der Waals surface area contributed by atoms with E-state index in [1.54, 1.807) is 0 Å². The van der Waals surface area contributed by atoms with E-state index in [9.17, 15) is 9.59 Å². The van der Waals surface area contributed by atoms with Gasteiger partial charge < -0.3 is 20.6 Å². The molecule has 4 rings (SSSR count). The van der Waals surface area contributed by atoms with Gasteiger partial charge in [-0.1, -0.05) is 30.3 Å². The number of hydrogen-bond acceptors (Lipinski definition) is 3. The fourth-order valence-corrected chi connectivity index (χ4v) is 3.53. The van der Waals surface area contributed by atoms with Crippen molar-refractivity contribution in [3.8, 4) is 0 Å². The smallest absolute Gasteiger partial charge is 0.242 e. The molecule has 4 aromatic rings. The van der Waals surface area contributed by atoms with E-state index in [1.165, 1.54) is 6.92 Å². The van der Waals surface area contributed by atoms with Crippen LogP contribution in [0.2, 0.25) is 0 Å². The Morgan fingerprint density at radius 3 is 2.62 bits per heavy atom. The molecule has 0 saturated heterocycles. The number of amides is 2. The van der Waals surface area contributed by atoms with Crippen molar-refractivity contribution < 1.29 is 9.59 Å². The third-order valence-corrected chi connectivity index (χ3v) is 4.89. The Morgan fingerprint density at radius 1 is 1.07 bits per heavy atom. The maximum atomic E-state index is 12.7. The summed E-state index contributed by atoms with van der Waals surface area (Å²) >= 11 is 0. The third-order valence-electron chi connectivity index (χ3n) is 4.89. The largest absolute Gasteiger partial charge is 0.361 e. The van der Waals surface area contributed by atoms with Gasteiger partial charge in [-0.3, -0.25) is 9.59 Å². The minimum atomic E-state index is -0.637. The average molecular weight is 389 g/mol. The summed E-state index contributed by atoms with van der Waals surface area (Å²) in [6.07, 6.45) is 2.89. The molecule has 1 atom stereocenters. The van der Waals surface area contributed by atoms with Crippen molar-refractivity contribution in [2.45, 2.75) is 25.8 Å². The van der Waals surface area contributed by atoms with Gasteiger partial charge in [-0.2, -0.15) is 0 Å². The van der Waals surface area contributed by atoms with Gasteiger partial charge in [0, 0.05) is 43.4 Å². The molecule has 2 amide bonds. The Kier molecular flexibility index (Phi) is 5.29. The fraction of sp³-hybridized carbons (Fsp3) is 0.227. The monoisotopic (exact) mass is 389 g/mol. The molecule has 0 bridgehead atoms. The van der Waals surface area contributed by atoms with Crippen molar-refractivity contribution in [3.05, 3.63) is 66.1 Å². The zero-order chi connectivity index (χ0) is 20.2. The van der Waals surface area contributed by atoms with Gasteiger partial charge in [-0.05, 0) is 23.8 Å². The molecule has 4 N–H and O–H groups in total. The summed E-state index contributed by atoms with van der Waals surface area (Å²) in [5.74, 6) is 0.378. The fourth-order valence-electron chi connectivity index (χ4n) is 3.53. The lowest BCUT2D eigenvalue weighted by Gasteiger charge is -2.17. The standard InChI is InChI=1S/C22H23N5O2/c1-14(28)25-20(12-15-13-24-17-7-3-2-6-16(15)17)22(29)23-11-10-21-26-18-8-4-5-9-19(18)27-21/h2-9,13,20,24H,10-12H2,1H3,(H,23,29)(H,25,28)(H,26,27). The first kappa shape index (κ1) is 18.7. The van der Waals surface area contributed by atoms with E-state index in [0.29, 0.717) is 19.4 Å². The first-order valence-electron chi connectivity index (χ1n) is 9.63. The van der Waals surface area contributed by atoms with E-state index >= 15 is 0 Å². The lowest BCUT2D eigenvalue weighted by atomic mass is 10.0. The number of aromatic amines is 2. The summed E-state index contributed by atoms with van der Waals surface area (Å²) < 4.78 is 0. The number of H-pyrrole nitrogens is 2. The van der Waals surface area contributed by atoms with Crippen molar-refractivity contribution in [1.82, 2.24) is 25.6 Å². The SMILES string of the molecule is CC(=O)NC(Cc1c[nH]c2ccccc12)C(=O)NCCc1nc2ccccc2[nH]1. The predicted molar refractivity (Wildman–Crippen MR) is 112 cm³/mol. The molecule has 0 spiro atoms. The minimum absolute atomic E-state index is 0.207. The highest BCUT2D eigenvalue weighted by Crippen LogP contribution is 2.19. The summed E-state index contributed by atoms with van der Waals surface area (Å²) in [7, 11) is 0. The molecular weight excluding hydrogens is 366 g/mol. The van der Waals surface area contributed by atoms with Crippen molar-refractivity contribution in [1.29, 1.82) is 0 Å². The lowest BCUT2D eigenvalue weighted by molar-refractivity contribution is -0.128. The van der Waals surface area contributed by atoms with Crippen molar-refractivity contribution in [3.63, 3.8) is 0 Å². The van der Waals surface area contributed by atoms with Gasteiger partial charge in [0.25, 0.3) is 0 Å². The zero-order valence-corrected chi connectivity index (χ0v) is 16.2. The molecule has 2 aromatic heterocycles. The van der Waals surface area contributed by atoms with Crippen LogP contribution in [0.15, 0.2) is 54.7 Å². The van der Waals surface area contributed by atoms with Gasteiger partial charge in [0.1, 0.15) is 11.9 Å². The van der Waals surface area contributed by atoms with E-state index in [0.717, 1.165) is 33.3 Å². The Hall–Kier alpha value is -3.61. The molecule has 2 heterocycles. The number of benzene rings is 2. The summed E-state index contributed by atoms with van der Waals surface area (Å²) in [5, 5.41) is 6.74. The van der Waals surface area contributed by atoms with E-state index in [4.69, 9.17) is 0 Å². The van der Waals surface area contributed by atoms with Crippen LogP contribution in [0.1, 0.15) is 18.3 Å². The van der Waals surface area contributed by atoms with Crippen molar-refractivity contribution >= 4 is 33.8 Å². The number of hydrogen-bond donors (Lipinski definition) is 4. The van der Waals surface area contributed by atoms with Crippen LogP contribution in [0.25, 0.3) is 21.9 Å². The molecule has 0 aliphatic heterocycles. The van der Waals surface area contributed by atoms with Gasteiger partial charge in [-0.25, -0.2) is 4.98 Å². The van der Waals surface area contributed by atoms with Crippen LogP contribution >= 0.6 is 0 Å². The van der Waals surface area contributed by atoms with E-state index < -0.39 is 6.04 Å². The number of rotatable bonds is 7. The molecule has 0 fully saturated rings. The summed E-state index contributed by atoms with van der Waals surface area (Å²) in [6.45, 7) is 1.85. The van der Waals surface area contributed by atoms with Crippen LogP contribution in [0.3, 0.4) is 0 Å². The maximum Gasteiger partial charge on any atom is 0.242 e. The number of fused-ring (bicyclic) bond motifs is 2. The molecule has 0 radical (unpaired) electrons. The van der Waals surface area contributed by atoms with Gasteiger partial charge in [0.15, 0.2) is 0 Å². The number of carbonyl (C=O) groups excluding carboxylic acids is 2. The maximum absolute atomic E-state index is 12.7. The number of para-hydroxylation sites is 3. The second kappa shape index (κ2) is 8.18. The Balaban J connectivity index is 1.40. The molecule has 7 nitrogen and oxygen atoms in total. The molecule has 0 aliphatic carbocycles. The highest BCUT2D eigenvalue weighted by Gasteiger charge is 2.21. The quantitative estimate of drug-likeness (QED) is 0.390. The summed E-state index contributed by atoms with van der Waals surface area (Å²) in [6, 6.07) is 15.1. The third kappa shape index (κ3) is 4.29. The average Bonchev–Trinajstić information content (AvgIpc) is 3.31. The lowest BCUT2D eigenvalue weighted by Crippen LogP contribution is -2.47. The Morgan fingerprint density at radius 2 is 1.83 bits per heavy atom. The van der Waals surface area contributed by atoms with Crippen LogP contribution < -0.4 is 10.6 Å². The van der Waals surface area contributed by atoms with E-state index in [2.05, 4.69) is 25.6 Å². The number of nitrogens with zero attached hydrogens (tertiary/aromatic N) is 1. The normalized spacial score (nSPS) is 12.2. The van der Waals surface area contributed by atoms with Crippen LogP contribution in [-0.2, 0) is 22.4 Å². The zero-order valence-electron chi connectivity index (χ0n) is 16.2. The van der Waals surface area contributed by atoms with E-state index in [-0.39, 0.29) is 11.8 Å². The van der Waals surface area contributed by atoms with Crippen molar-refractivity contribution in [2.24, 2.45) is 0 Å². The Labute approximate surface area is 167 Å². The van der Waals surface area contributed by atoms with Gasteiger partial charge >= 0.3 is 0 Å². The highest BCUT2D eigenvalue weighted by molar-refractivity contribution is 5.89. The summed E-state index contributed by atoms with van der Waals surface area (Å²) in [5.41, 5.74) is 3.88. The summed E-state index contributed by atoms with van der Waals surface area (Å²) in [4.78, 5) is 35.3. The Bertz CT molecular complexity index is 1130. The first-order valence-corrected chi connectivity index (χ1v) is 9.63. The second-order valence-electron chi connectivity index (χ2n) is 7.06. The number of nitrogens with one attached hydrogen (secondary N) is 4. The van der Waals surface area contributed by atoms with Crippen LogP contribution in [0.4, 0.5) is 0 Å². The highest BCUT2D eigenvalue weighted by atomic mass is 16.2. The topological polar surface area (TPSA) is 103 Å². The molecular formula is C22H23N5O2. The molecule has 2 aromatic carbocycles. The molecule has 7 heteroatoms. The van der Waals surface area contributed by atoms with Crippen molar-refractivity contribution in [2.75, 3.05) is 6.54 Å². The molecule has 0 saturated carbocycles. The molecule has 0 aliphatic rings. The predicted octanol–water partition coefficient (Wildman–Crippen LogP) is 2.45. The minimum Gasteiger partial charge on any atom is -0.361 e. The van der Waals surface area contributed by atoms with Gasteiger partial charge in [-0.15, -0.1) is 0 Å². The first-order chi connectivity index (χ1) is 14.1. The number of carbonyl (C=O) groups is 2. The molecule has 1 unspecified atom stereocenters.